The first kappa shape index (κ1) is 29.1. The summed E-state index contributed by atoms with van der Waals surface area (Å²) in [5, 5.41) is 5.88. The number of anilines is 2. The van der Waals surface area contributed by atoms with E-state index in [9.17, 15) is 13.2 Å². The molecule has 4 heterocycles. The molecular weight excluding hydrogens is 564 g/mol. The van der Waals surface area contributed by atoms with Gasteiger partial charge < -0.3 is 14.5 Å². The number of pyridine rings is 1. The number of benzene rings is 2. The first-order valence-electron chi connectivity index (χ1n) is 14.6. The van der Waals surface area contributed by atoms with E-state index < -0.39 is 15.9 Å². The summed E-state index contributed by atoms with van der Waals surface area (Å²) in [6.45, 7) is 13.6. The van der Waals surface area contributed by atoms with Crippen molar-refractivity contribution in [2.75, 3.05) is 55.4 Å². The summed E-state index contributed by atoms with van der Waals surface area (Å²) in [7, 11) is -3.80. The Morgan fingerprint density at radius 3 is 2.26 bits per heavy atom. The van der Waals surface area contributed by atoms with Crippen LogP contribution in [0.2, 0.25) is 0 Å². The van der Waals surface area contributed by atoms with Gasteiger partial charge in [-0.25, -0.2) is 22.8 Å². The highest BCUT2D eigenvalue weighted by atomic mass is 32.2. The smallest absolute Gasteiger partial charge is 0.283 e. The highest BCUT2D eigenvalue weighted by molar-refractivity contribution is 7.89. The third kappa shape index (κ3) is 5.96. The molecule has 10 nitrogen and oxygen atoms in total. The predicted molar refractivity (Wildman–Crippen MR) is 170 cm³/mol. The fourth-order valence-electron chi connectivity index (χ4n) is 5.96. The zero-order valence-electron chi connectivity index (χ0n) is 25.3. The fourth-order valence-corrected chi connectivity index (χ4v) is 6.40. The number of aromatic nitrogens is 3. The molecule has 6 rings (SSSR count). The average molecular weight is 603 g/mol. The molecule has 0 aliphatic carbocycles. The molecule has 2 fully saturated rings. The molecule has 0 radical (unpaired) electrons. The highest BCUT2D eigenvalue weighted by Crippen LogP contribution is 2.38. The predicted octanol–water partition coefficient (Wildman–Crippen LogP) is 4.58. The van der Waals surface area contributed by atoms with E-state index in [-0.39, 0.29) is 17.0 Å². The lowest BCUT2D eigenvalue weighted by atomic mass is 9.84. The van der Waals surface area contributed by atoms with Crippen molar-refractivity contribution >= 4 is 38.3 Å². The molecule has 0 spiro atoms. The van der Waals surface area contributed by atoms with E-state index in [1.54, 1.807) is 10.7 Å². The van der Waals surface area contributed by atoms with Gasteiger partial charge in [-0.2, -0.15) is 5.10 Å². The summed E-state index contributed by atoms with van der Waals surface area (Å²) in [5.41, 5.74) is 6.29. The Hall–Kier alpha value is -3.96. The van der Waals surface area contributed by atoms with E-state index in [0.717, 1.165) is 71.7 Å². The standard InChI is InChI=1S/C32H38N6O4S/c1-21(2)29-28-26(22-9-11-23(12-10-22)36-13-15-42-16-14-36)18-27(31(39)35-43(5,40)41)33-30(28)38(34-29)25-8-6-7-24(17-25)37-19-32(3,4)20-37/h6-12,17-18,21H,13-16,19-20H2,1-5H3,(H,35,39). The van der Waals surface area contributed by atoms with Gasteiger partial charge in [0.05, 0.1) is 36.2 Å². The number of hydrogen-bond donors (Lipinski definition) is 1. The monoisotopic (exact) mass is 602 g/mol. The molecule has 2 aliphatic heterocycles. The van der Waals surface area contributed by atoms with Gasteiger partial charge in [0, 0.05) is 37.6 Å². The van der Waals surface area contributed by atoms with Gasteiger partial charge in [0.15, 0.2) is 5.65 Å². The first-order valence-corrected chi connectivity index (χ1v) is 16.5. The van der Waals surface area contributed by atoms with Crippen LogP contribution in [0.15, 0.2) is 54.6 Å². The van der Waals surface area contributed by atoms with Crippen LogP contribution in [0.1, 0.15) is 49.8 Å². The zero-order valence-corrected chi connectivity index (χ0v) is 26.1. The van der Waals surface area contributed by atoms with Gasteiger partial charge in [-0.05, 0) is 58.9 Å². The Kier molecular flexibility index (Phi) is 7.42. The Balaban J connectivity index is 1.52. The maximum atomic E-state index is 13.2. The molecule has 0 bridgehead atoms. The van der Waals surface area contributed by atoms with E-state index in [1.165, 1.54) is 0 Å². The number of morpholine rings is 1. The van der Waals surface area contributed by atoms with Gasteiger partial charge >= 0.3 is 0 Å². The van der Waals surface area contributed by atoms with Crippen LogP contribution in [-0.4, -0.2) is 74.7 Å². The van der Waals surface area contributed by atoms with Gasteiger partial charge in [-0.3, -0.25) is 4.79 Å². The SMILES string of the molecule is CC(C)c1nn(-c2cccc(N3CC(C)(C)C3)c2)c2nc(C(=O)NS(C)(=O)=O)cc(-c3ccc(N4CCOCC4)cc3)c12. The molecule has 2 aromatic carbocycles. The summed E-state index contributed by atoms with van der Waals surface area (Å²) in [4.78, 5) is 22.5. The molecule has 0 saturated carbocycles. The van der Waals surface area contributed by atoms with Crippen molar-refractivity contribution < 1.29 is 17.9 Å². The van der Waals surface area contributed by atoms with Crippen molar-refractivity contribution in [1.29, 1.82) is 0 Å². The molecule has 2 saturated heterocycles. The normalized spacial score (nSPS) is 16.9. The van der Waals surface area contributed by atoms with Gasteiger partial charge in [-0.15, -0.1) is 0 Å². The van der Waals surface area contributed by atoms with E-state index in [0.29, 0.717) is 18.9 Å². The number of rotatable bonds is 7. The lowest BCUT2D eigenvalue weighted by Gasteiger charge is -2.47. The molecule has 1 amide bonds. The van der Waals surface area contributed by atoms with Crippen molar-refractivity contribution in [2.24, 2.45) is 5.41 Å². The third-order valence-corrected chi connectivity index (χ3v) is 8.51. The molecule has 0 unspecified atom stereocenters. The highest BCUT2D eigenvalue weighted by Gasteiger charge is 2.34. The molecule has 0 atom stereocenters. The average Bonchev–Trinajstić information content (AvgIpc) is 3.35. The number of nitrogens with one attached hydrogen (secondary N) is 1. The van der Waals surface area contributed by atoms with E-state index in [1.807, 2.05) is 24.3 Å². The lowest BCUT2D eigenvalue weighted by molar-refractivity contribution is 0.0977. The number of nitrogens with zero attached hydrogens (tertiary/aromatic N) is 5. The number of sulfonamides is 1. The van der Waals surface area contributed by atoms with Crippen molar-refractivity contribution in [2.45, 2.75) is 33.6 Å². The number of amides is 1. The summed E-state index contributed by atoms with van der Waals surface area (Å²) in [5.74, 6) is -0.724. The third-order valence-electron chi connectivity index (χ3n) is 7.95. The van der Waals surface area contributed by atoms with Gasteiger partial charge in [0.2, 0.25) is 10.0 Å². The minimum atomic E-state index is -3.80. The van der Waals surface area contributed by atoms with Crippen LogP contribution in [-0.2, 0) is 14.8 Å². The Morgan fingerprint density at radius 2 is 1.63 bits per heavy atom. The van der Waals surface area contributed by atoms with Crippen molar-refractivity contribution in [3.8, 4) is 16.8 Å². The maximum absolute atomic E-state index is 13.2. The maximum Gasteiger partial charge on any atom is 0.283 e. The molecular formula is C32H38N6O4S. The molecule has 4 aromatic rings. The lowest BCUT2D eigenvalue weighted by Crippen LogP contribution is -2.53. The number of hydrogen-bond acceptors (Lipinski definition) is 8. The minimum absolute atomic E-state index is 0.00211. The van der Waals surface area contributed by atoms with E-state index >= 15 is 0 Å². The van der Waals surface area contributed by atoms with Gasteiger partial charge in [-0.1, -0.05) is 45.9 Å². The van der Waals surface area contributed by atoms with Crippen molar-refractivity contribution in [1.82, 2.24) is 19.5 Å². The second-order valence-electron chi connectivity index (χ2n) is 12.6. The van der Waals surface area contributed by atoms with Crippen molar-refractivity contribution in [3.63, 3.8) is 0 Å². The quantitative estimate of drug-likeness (QED) is 0.327. The molecule has 226 valence electrons. The molecule has 2 aliphatic rings. The van der Waals surface area contributed by atoms with Gasteiger partial charge in [0.25, 0.3) is 5.91 Å². The number of ether oxygens (including phenoxy) is 1. The summed E-state index contributed by atoms with van der Waals surface area (Å²) in [6, 6.07) is 18.0. The fraction of sp³-hybridized carbons (Fsp3) is 0.406. The van der Waals surface area contributed by atoms with Crippen LogP contribution >= 0.6 is 0 Å². The number of carbonyl (C=O) groups excluding carboxylic acids is 1. The summed E-state index contributed by atoms with van der Waals surface area (Å²) >= 11 is 0. The van der Waals surface area contributed by atoms with Crippen LogP contribution in [0.3, 0.4) is 0 Å². The second-order valence-corrected chi connectivity index (χ2v) is 14.3. The van der Waals surface area contributed by atoms with E-state index in [2.05, 4.69) is 66.5 Å². The molecule has 2 aromatic heterocycles. The molecule has 43 heavy (non-hydrogen) atoms. The zero-order chi connectivity index (χ0) is 30.5. The number of carbonyl (C=O) groups is 1. The van der Waals surface area contributed by atoms with Crippen LogP contribution < -0.4 is 14.5 Å². The van der Waals surface area contributed by atoms with Crippen LogP contribution in [0.25, 0.3) is 27.8 Å². The van der Waals surface area contributed by atoms with E-state index in [4.69, 9.17) is 14.8 Å². The largest absolute Gasteiger partial charge is 0.378 e. The molecule has 11 heteroatoms. The summed E-state index contributed by atoms with van der Waals surface area (Å²) in [6.07, 6.45) is 0.957. The van der Waals surface area contributed by atoms with Gasteiger partial charge in [0.1, 0.15) is 5.69 Å². The first-order chi connectivity index (χ1) is 20.4. The molecule has 1 N–H and O–H groups in total. The Labute approximate surface area is 252 Å². The number of fused-ring (bicyclic) bond motifs is 1. The summed E-state index contributed by atoms with van der Waals surface area (Å²) < 4.78 is 33.3. The Morgan fingerprint density at radius 1 is 0.953 bits per heavy atom. The topological polar surface area (TPSA) is 110 Å². The van der Waals surface area contributed by atoms with Crippen LogP contribution in [0.5, 0.6) is 0 Å². The second kappa shape index (κ2) is 10.9. The minimum Gasteiger partial charge on any atom is -0.378 e. The van der Waals surface area contributed by atoms with Crippen molar-refractivity contribution in [3.05, 3.63) is 66.0 Å². The van der Waals surface area contributed by atoms with Crippen LogP contribution in [0.4, 0.5) is 11.4 Å². The Bertz CT molecular complexity index is 1780. The van der Waals surface area contributed by atoms with Crippen LogP contribution in [0, 0.1) is 5.41 Å².